The number of fused-ring (bicyclic) bond motifs is 1. The number of benzene rings is 2. The highest BCUT2D eigenvalue weighted by molar-refractivity contribution is 5.91. The van der Waals surface area contributed by atoms with E-state index < -0.39 is 0 Å². The highest BCUT2D eigenvalue weighted by Gasteiger charge is 2.08. The van der Waals surface area contributed by atoms with Crippen molar-refractivity contribution in [1.82, 2.24) is 9.97 Å². The SMILES string of the molecule is C#Cc1cc(Nc2ncnc3cc(OCCOC)ccc23)cc(OCCOCC)c1. The van der Waals surface area contributed by atoms with Crippen molar-refractivity contribution in [3.63, 3.8) is 0 Å². The van der Waals surface area contributed by atoms with Gasteiger partial charge in [0.2, 0.25) is 0 Å². The zero-order valence-electron chi connectivity index (χ0n) is 17.2. The molecule has 0 aliphatic heterocycles. The molecule has 30 heavy (non-hydrogen) atoms. The lowest BCUT2D eigenvalue weighted by Gasteiger charge is -2.12. The van der Waals surface area contributed by atoms with Gasteiger partial charge in [0.05, 0.1) is 18.7 Å². The van der Waals surface area contributed by atoms with Crippen LogP contribution in [-0.2, 0) is 9.47 Å². The predicted molar refractivity (Wildman–Crippen MR) is 117 cm³/mol. The van der Waals surface area contributed by atoms with Crippen molar-refractivity contribution in [2.75, 3.05) is 45.5 Å². The van der Waals surface area contributed by atoms with Crippen LogP contribution in [-0.4, -0.2) is 50.1 Å². The molecule has 0 unspecified atom stereocenters. The fourth-order valence-corrected chi connectivity index (χ4v) is 2.81. The van der Waals surface area contributed by atoms with Crippen LogP contribution in [0.25, 0.3) is 10.9 Å². The molecule has 0 bridgehead atoms. The molecule has 0 saturated carbocycles. The highest BCUT2D eigenvalue weighted by Crippen LogP contribution is 2.28. The van der Waals surface area contributed by atoms with Gasteiger partial charge in [-0.05, 0) is 31.2 Å². The molecule has 0 spiro atoms. The van der Waals surface area contributed by atoms with Gasteiger partial charge in [-0.1, -0.05) is 5.92 Å². The first-order chi connectivity index (χ1) is 14.7. The monoisotopic (exact) mass is 407 g/mol. The summed E-state index contributed by atoms with van der Waals surface area (Å²) in [5.41, 5.74) is 2.25. The maximum Gasteiger partial charge on any atom is 0.141 e. The van der Waals surface area contributed by atoms with Gasteiger partial charge in [0.25, 0.3) is 0 Å². The van der Waals surface area contributed by atoms with Crippen molar-refractivity contribution in [2.45, 2.75) is 6.92 Å². The highest BCUT2D eigenvalue weighted by atomic mass is 16.5. The molecule has 3 rings (SSSR count). The number of nitrogens with zero attached hydrogens (tertiary/aromatic N) is 2. The molecular weight excluding hydrogens is 382 g/mol. The molecule has 7 nitrogen and oxygen atoms in total. The lowest BCUT2D eigenvalue weighted by molar-refractivity contribution is 0.110. The predicted octanol–water partition coefficient (Wildman–Crippen LogP) is 3.80. The number of terminal acetylenes is 1. The molecule has 0 saturated heterocycles. The summed E-state index contributed by atoms with van der Waals surface area (Å²) in [7, 11) is 1.64. The Morgan fingerprint density at radius 3 is 2.60 bits per heavy atom. The summed E-state index contributed by atoms with van der Waals surface area (Å²) in [6.45, 7) is 4.56. The average molecular weight is 407 g/mol. The van der Waals surface area contributed by atoms with E-state index in [4.69, 9.17) is 25.4 Å². The quantitative estimate of drug-likeness (QED) is 0.383. The Hall–Kier alpha value is -3.34. The van der Waals surface area contributed by atoms with Gasteiger partial charge in [0, 0.05) is 42.5 Å². The molecule has 0 aliphatic rings. The van der Waals surface area contributed by atoms with E-state index in [-0.39, 0.29) is 0 Å². The molecule has 0 amide bonds. The van der Waals surface area contributed by atoms with Gasteiger partial charge >= 0.3 is 0 Å². The largest absolute Gasteiger partial charge is 0.491 e. The Morgan fingerprint density at radius 2 is 1.80 bits per heavy atom. The summed E-state index contributed by atoms with van der Waals surface area (Å²) < 4.78 is 21.7. The lowest BCUT2D eigenvalue weighted by Crippen LogP contribution is -2.06. The molecule has 0 aliphatic carbocycles. The molecule has 0 atom stereocenters. The zero-order valence-corrected chi connectivity index (χ0v) is 17.2. The summed E-state index contributed by atoms with van der Waals surface area (Å²) in [5.74, 6) is 4.71. The second-order valence-electron chi connectivity index (χ2n) is 6.30. The Morgan fingerprint density at radius 1 is 0.967 bits per heavy atom. The second kappa shape index (κ2) is 11.0. The fourth-order valence-electron chi connectivity index (χ4n) is 2.81. The molecule has 1 N–H and O–H groups in total. The summed E-state index contributed by atoms with van der Waals surface area (Å²) >= 11 is 0. The van der Waals surface area contributed by atoms with Crippen molar-refractivity contribution >= 4 is 22.4 Å². The van der Waals surface area contributed by atoms with E-state index in [1.807, 2.05) is 43.3 Å². The number of hydrogen-bond acceptors (Lipinski definition) is 7. The average Bonchev–Trinajstić information content (AvgIpc) is 2.77. The van der Waals surface area contributed by atoms with Gasteiger partial charge in [0.15, 0.2) is 0 Å². The van der Waals surface area contributed by atoms with Crippen LogP contribution in [0.15, 0.2) is 42.7 Å². The number of anilines is 2. The minimum atomic E-state index is 0.448. The van der Waals surface area contributed by atoms with Crippen molar-refractivity contribution < 1.29 is 18.9 Å². The number of methoxy groups -OCH3 is 1. The molecule has 1 heterocycles. The maximum absolute atomic E-state index is 5.76. The summed E-state index contributed by atoms with van der Waals surface area (Å²) in [4.78, 5) is 8.73. The van der Waals surface area contributed by atoms with Crippen LogP contribution in [0.1, 0.15) is 12.5 Å². The third-order valence-corrected chi connectivity index (χ3v) is 4.20. The van der Waals surface area contributed by atoms with Gasteiger partial charge in [-0.15, -0.1) is 6.42 Å². The van der Waals surface area contributed by atoms with Gasteiger partial charge in [-0.25, -0.2) is 9.97 Å². The van der Waals surface area contributed by atoms with Crippen LogP contribution in [0, 0.1) is 12.3 Å². The molecule has 156 valence electrons. The Labute approximate surface area is 176 Å². The van der Waals surface area contributed by atoms with E-state index >= 15 is 0 Å². The van der Waals surface area contributed by atoms with E-state index in [1.165, 1.54) is 6.33 Å². The third kappa shape index (κ3) is 5.83. The number of hydrogen-bond donors (Lipinski definition) is 1. The van der Waals surface area contributed by atoms with Crippen molar-refractivity contribution in [1.29, 1.82) is 0 Å². The molecule has 3 aromatic rings. The van der Waals surface area contributed by atoms with Crippen LogP contribution >= 0.6 is 0 Å². The maximum atomic E-state index is 5.76. The van der Waals surface area contributed by atoms with Crippen molar-refractivity contribution in [3.05, 3.63) is 48.3 Å². The Balaban J connectivity index is 1.80. The van der Waals surface area contributed by atoms with Gasteiger partial charge in [-0.3, -0.25) is 0 Å². The molecule has 7 heteroatoms. The number of nitrogens with one attached hydrogen (secondary N) is 1. The van der Waals surface area contributed by atoms with Gasteiger partial charge < -0.3 is 24.3 Å². The third-order valence-electron chi connectivity index (χ3n) is 4.20. The number of aromatic nitrogens is 2. The lowest BCUT2D eigenvalue weighted by atomic mass is 10.2. The van der Waals surface area contributed by atoms with Crippen LogP contribution in [0.4, 0.5) is 11.5 Å². The van der Waals surface area contributed by atoms with Gasteiger partial charge in [0.1, 0.15) is 36.9 Å². The Bertz CT molecular complexity index is 1020. The minimum Gasteiger partial charge on any atom is -0.491 e. The first-order valence-electron chi connectivity index (χ1n) is 9.69. The molecule has 0 fully saturated rings. The zero-order chi connectivity index (χ0) is 21.2. The first-order valence-corrected chi connectivity index (χ1v) is 9.69. The van der Waals surface area contributed by atoms with Crippen molar-refractivity contribution in [3.8, 4) is 23.8 Å². The van der Waals surface area contributed by atoms with Crippen LogP contribution in [0.3, 0.4) is 0 Å². The van der Waals surface area contributed by atoms with E-state index in [1.54, 1.807) is 7.11 Å². The molecular formula is C23H25N3O4. The summed E-state index contributed by atoms with van der Waals surface area (Å²) in [6.07, 6.45) is 7.12. The minimum absolute atomic E-state index is 0.448. The van der Waals surface area contributed by atoms with Crippen molar-refractivity contribution in [2.24, 2.45) is 0 Å². The van der Waals surface area contributed by atoms with E-state index in [2.05, 4.69) is 21.2 Å². The summed E-state index contributed by atoms with van der Waals surface area (Å²) in [5, 5.41) is 4.18. The normalized spacial score (nSPS) is 10.6. The first kappa shape index (κ1) is 21.4. The van der Waals surface area contributed by atoms with Crippen LogP contribution in [0.5, 0.6) is 11.5 Å². The van der Waals surface area contributed by atoms with Crippen LogP contribution < -0.4 is 14.8 Å². The van der Waals surface area contributed by atoms with E-state index in [9.17, 15) is 0 Å². The standard InChI is InChI=1S/C23H25N3O4/c1-4-17-12-18(14-20(13-17)30-11-9-28-5-2)26-23-21-7-6-19(29-10-8-27-3)15-22(21)24-16-25-23/h1,6-7,12-16H,5,8-11H2,2-3H3,(H,24,25,26). The molecule has 0 radical (unpaired) electrons. The van der Waals surface area contributed by atoms with E-state index in [0.29, 0.717) is 50.2 Å². The fraction of sp³-hybridized carbons (Fsp3) is 0.304. The second-order valence-corrected chi connectivity index (χ2v) is 6.30. The summed E-state index contributed by atoms with van der Waals surface area (Å²) in [6, 6.07) is 11.2. The molecule has 1 aromatic heterocycles. The van der Waals surface area contributed by atoms with Crippen LogP contribution in [0.2, 0.25) is 0 Å². The Kier molecular flexibility index (Phi) is 7.84. The molecule has 2 aromatic carbocycles. The van der Waals surface area contributed by atoms with Gasteiger partial charge in [-0.2, -0.15) is 0 Å². The smallest absolute Gasteiger partial charge is 0.141 e. The number of rotatable bonds is 11. The number of ether oxygens (including phenoxy) is 4. The topological polar surface area (TPSA) is 74.7 Å². The van der Waals surface area contributed by atoms with E-state index in [0.717, 1.165) is 22.3 Å².